The van der Waals surface area contributed by atoms with Crippen molar-refractivity contribution in [2.24, 2.45) is 11.5 Å². The van der Waals surface area contributed by atoms with Gasteiger partial charge in [0.15, 0.2) is 0 Å². The molecule has 20 heavy (non-hydrogen) atoms. The van der Waals surface area contributed by atoms with Crippen LogP contribution in [0.15, 0.2) is 0 Å². The predicted octanol–water partition coefficient (Wildman–Crippen LogP) is 1.69. The van der Waals surface area contributed by atoms with Gasteiger partial charge < -0.3 is 21.7 Å². The molecule has 0 radical (unpaired) electrons. The van der Waals surface area contributed by atoms with Crippen LogP contribution < -0.4 is 16.8 Å². The molecule has 0 aromatic carbocycles. The molecular weight excluding hydrogens is 248 g/mol. The van der Waals surface area contributed by atoms with E-state index in [1.54, 1.807) is 0 Å². The lowest BCUT2D eigenvalue weighted by Crippen LogP contribution is -2.60. The zero-order valence-corrected chi connectivity index (χ0v) is 14.0. The summed E-state index contributed by atoms with van der Waals surface area (Å²) in [4.78, 5) is 2.45. The highest BCUT2D eigenvalue weighted by molar-refractivity contribution is 4.98. The van der Waals surface area contributed by atoms with Crippen LogP contribution in [0.3, 0.4) is 0 Å². The van der Waals surface area contributed by atoms with E-state index in [1.165, 1.54) is 32.4 Å². The quantitative estimate of drug-likeness (QED) is 0.722. The van der Waals surface area contributed by atoms with Crippen LogP contribution >= 0.6 is 0 Å². The maximum absolute atomic E-state index is 5.95. The van der Waals surface area contributed by atoms with Crippen molar-refractivity contribution < 1.29 is 0 Å². The smallest absolute Gasteiger partial charge is 0.0144 e. The first-order valence-corrected chi connectivity index (χ1v) is 8.21. The van der Waals surface area contributed by atoms with Gasteiger partial charge >= 0.3 is 0 Å². The third kappa shape index (κ3) is 7.02. The van der Waals surface area contributed by atoms with Crippen LogP contribution in [0, 0.1) is 0 Å². The van der Waals surface area contributed by atoms with Gasteiger partial charge in [-0.1, -0.05) is 6.42 Å². The molecule has 2 aliphatic heterocycles. The van der Waals surface area contributed by atoms with Crippen molar-refractivity contribution in [3.63, 3.8) is 0 Å². The van der Waals surface area contributed by atoms with Crippen molar-refractivity contribution in [3.8, 4) is 0 Å². The van der Waals surface area contributed by atoms with Crippen molar-refractivity contribution in [1.82, 2.24) is 10.2 Å². The zero-order valence-electron chi connectivity index (χ0n) is 14.0. The highest BCUT2D eigenvalue weighted by Crippen LogP contribution is 2.26. The number of nitrogens with two attached hydrogens (primary N) is 2. The van der Waals surface area contributed by atoms with Crippen LogP contribution in [0.25, 0.3) is 0 Å². The Morgan fingerprint density at radius 2 is 1.50 bits per heavy atom. The van der Waals surface area contributed by atoms with Crippen LogP contribution in [0.2, 0.25) is 0 Å². The molecule has 4 heteroatoms. The van der Waals surface area contributed by atoms with Gasteiger partial charge in [0.1, 0.15) is 0 Å². The molecular formula is C16H36N4. The van der Waals surface area contributed by atoms with E-state index < -0.39 is 0 Å². The molecule has 0 bridgehead atoms. The molecule has 2 saturated heterocycles. The molecule has 0 amide bonds. The van der Waals surface area contributed by atoms with Crippen LogP contribution in [0.1, 0.15) is 59.8 Å². The zero-order chi connectivity index (χ0) is 15.2. The monoisotopic (exact) mass is 284 g/mol. The summed E-state index contributed by atoms with van der Waals surface area (Å²) in [5, 5.41) is 3.58. The van der Waals surface area contributed by atoms with Gasteiger partial charge in [-0.15, -0.1) is 0 Å². The second kappa shape index (κ2) is 7.74. The number of hydrogen-bond donors (Lipinski definition) is 3. The fourth-order valence-electron chi connectivity index (χ4n) is 3.77. The molecule has 2 fully saturated rings. The third-order valence-corrected chi connectivity index (χ3v) is 4.12. The van der Waals surface area contributed by atoms with Gasteiger partial charge in [0.25, 0.3) is 0 Å². The number of piperidine rings is 2. The summed E-state index contributed by atoms with van der Waals surface area (Å²) >= 11 is 0. The van der Waals surface area contributed by atoms with Crippen molar-refractivity contribution >= 4 is 0 Å². The summed E-state index contributed by atoms with van der Waals surface area (Å²) in [6, 6.07) is 0.362. The molecule has 5 N–H and O–H groups in total. The van der Waals surface area contributed by atoms with Crippen LogP contribution in [0.5, 0.6) is 0 Å². The molecule has 2 heterocycles. The van der Waals surface area contributed by atoms with E-state index in [4.69, 9.17) is 11.5 Å². The minimum Gasteiger partial charge on any atom is -0.329 e. The summed E-state index contributed by atoms with van der Waals surface area (Å²) in [6.07, 6.45) is 6.33. The first-order chi connectivity index (χ1) is 9.24. The summed E-state index contributed by atoms with van der Waals surface area (Å²) in [5.74, 6) is 0. The van der Waals surface area contributed by atoms with Gasteiger partial charge in [-0.2, -0.15) is 0 Å². The Morgan fingerprint density at radius 1 is 1.00 bits per heavy atom. The van der Waals surface area contributed by atoms with Gasteiger partial charge in [0, 0.05) is 30.2 Å². The SMILES string of the molecule is CC1(C)CC(N)CC(C)(C)N1.NCCN1CCCCC1. The number of likely N-dealkylation sites (tertiary alicyclic amines) is 1. The fraction of sp³-hybridized carbons (Fsp3) is 1.00. The molecule has 0 aromatic heterocycles. The second-order valence-corrected chi connectivity index (χ2v) is 7.75. The van der Waals surface area contributed by atoms with Crippen molar-refractivity contribution in [3.05, 3.63) is 0 Å². The van der Waals surface area contributed by atoms with Gasteiger partial charge in [0.2, 0.25) is 0 Å². The first kappa shape index (κ1) is 17.9. The molecule has 2 aliphatic rings. The van der Waals surface area contributed by atoms with E-state index in [9.17, 15) is 0 Å². The lowest BCUT2D eigenvalue weighted by molar-refractivity contribution is 0.163. The van der Waals surface area contributed by atoms with Crippen LogP contribution in [-0.2, 0) is 0 Å². The average molecular weight is 284 g/mol. The minimum absolute atomic E-state index is 0.209. The number of nitrogens with one attached hydrogen (secondary N) is 1. The van der Waals surface area contributed by atoms with Crippen LogP contribution in [0.4, 0.5) is 0 Å². The lowest BCUT2D eigenvalue weighted by atomic mass is 9.80. The number of hydrogen-bond acceptors (Lipinski definition) is 4. The lowest BCUT2D eigenvalue weighted by Gasteiger charge is -2.45. The first-order valence-electron chi connectivity index (χ1n) is 8.21. The molecule has 4 nitrogen and oxygen atoms in total. The van der Waals surface area contributed by atoms with E-state index in [2.05, 4.69) is 37.9 Å². The fourth-order valence-corrected chi connectivity index (χ4v) is 3.77. The molecule has 0 spiro atoms. The predicted molar refractivity (Wildman–Crippen MR) is 87.8 cm³/mol. The van der Waals surface area contributed by atoms with Gasteiger partial charge in [-0.05, 0) is 66.5 Å². The molecule has 0 saturated carbocycles. The summed E-state index contributed by atoms with van der Waals surface area (Å²) in [5.41, 5.74) is 11.8. The van der Waals surface area contributed by atoms with Crippen molar-refractivity contribution in [2.75, 3.05) is 26.2 Å². The van der Waals surface area contributed by atoms with E-state index in [0.29, 0.717) is 6.04 Å². The van der Waals surface area contributed by atoms with Crippen LogP contribution in [-0.4, -0.2) is 48.2 Å². The molecule has 0 aromatic rings. The Kier molecular flexibility index (Phi) is 6.92. The average Bonchev–Trinajstić information content (AvgIpc) is 2.26. The highest BCUT2D eigenvalue weighted by atomic mass is 15.1. The Labute approximate surface area is 125 Å². The van der Waals surface area contributed by atoms with Gasteiger partial charge in [-0.3, -0.25) is 0 Å². The van der Waals surface area contributed by atoms with Gasteiger partial charge in [-0.25, -0.2) is 0 Å². The minimum atomic E-state index is 0.209. The van der Waals surface area contributed by atoms with E-state index in [-0.39, 0.29) is 11.1 Å². The normalized spacial score (nSPS) is 26.7. The van der Waals surface area contributed by atoms with E-state index >= 15 is 0 Å². The Hall–Kier alpha value is -0.160. The van der Waals surface area contributed by atoms with Crippen molar-refractivity contribution in [2.45, 2.75) is 76.9 Å². The third-order valence-electron chi connectivity index (χ3n) is 4.12. The van der Waals surface area contributed by atoms with Crippen molar-refractivity contribution in [1.29, 1.82) is 0 Å². The van der Waals surface area contributed by atoms with E-state index in [1.807, 2.05) is 0 Å². The maximum Gasteiger partial charge on any atom is 0.0144 e. The molecule has 0 atom stereocenters. The number of nitrogens with zero attached hydrogens (tertiary/aromatic N) is 1. The molecule has 2 rings (SSSR count). The molecule has 0 aliphatic carbocycles. The number of rotatable bonds is 2. The Bertz CT molecular complexity index is 251. The summed E-state index contributed by atoms with van der Waals surface area (Å²) in [6.45, 7) is 13.3. The highest BCUT2D eigenvalue weighted by Gasteiger charge is 2.35. The summed E-state index contributed by atoms with van der Waals surface area (Å²) < 4.78 is 0. The standard InChI is InChI=1S/C9H20N2.C7H16N2/c1-8(2)5-7(10)6-9(3,4)11-8;8-4-7-9-5-2-1-3-6-9/h7,11H,5-6,10H2,1-4H3;1-8H2. The largest absolute Gasteiger partial charge is 0.329 e. The topological polar surface area (TPSA) is 67.3 Å². The van der Waals surface area contributed by atoms with E-state index in [0.717, 1.165) is 25.9 Å². The second-order valence-electron chi connectivity index (χ2n) is 7.75. The maximum atomic E-state index is 5.95. The Balaban J connectivity index is 0.000000204. The Morgan fingerprint density at radius 3 is 1.90 bits per heavy atom. The van der Waals surface area contributed by atoms with Gasteiger partial charge in [0.05, 0.1) is 0 Å². The summed E-state index contributed by atoms with van der Waals surface area (Å²) in [7, 11) is 0. The molecule has 0 unspecified atom stereocenters. The molecule has 120 valence electrons.